The van der Waals surface area contributed by atoms with Crippen molar-refractivity contribution < 1.29 is 5.11 Å². The largest absolute Gasteiger partial charge is 0.393 e. The molecule has 0 spiro atoms. The molecule has 6 heteroatoms. The summed E-state index contributed by atoms with van der Waals surface area (Å²) in [5.41, 5.74) is 1.85. The molecule has 0 amide bonds. The maximum absolute atomic E-state index is 9.75. The molecule has 1 aromatic heterocycles. The minimum atomic E-state index is -0.246. The van der Waals surface area contributed by atoms with Crippen molar-refractivity contribution in [1.82, 2.24) is 15.0 Å². The second-order valence-electron chi connectivity index (χ2n) is 6.47. The predicted molar refractivity (Wildman–Crippen MR) is 102 cm³/mol. The monoisotopic (exact) mass is 347 g/mol. The van der Waals surface area contributed by atoms with Crippen molar-refractivity contribution in [2.45, 2.75) is 31.4 Å². The van der Waals surface area contributed by atoms with Crippen LogP contribution in [-0.4, -0.2) is 32.2 Å². The molecule has 0 bridgehead atoms. The summed E-state index contributed by atoms with van der Waals surface area (Å²) in [6, 6.07) is 19.8. The number of hydrogen-bond donors (Lipinski definition) is 3. The first-order chi connectivity index (χ1) is 12.8. The summed E-state index contributed by atoms with van der Waals surface area (Å²) in [6.07, 6.45) is 2.19. The molecule has 26 heavy (non-hydrogen) atoms. The van der Waals surface area contributed by atoms with E-state index in [1.165, 1.54) is 0 Å². The molecular formula is C20H21N5O. The van der Waals surface area contributed by atoms with E-state index in [1.807, 2.05) is 60.7 Å². The number of aliphatic hydroxyl groups is 1. The Morgan fingerprint density at radius 1 is 0.808 bits per heavy atom. The van der Waals surface area contributed by atoms with Gasteiger partial charge in [0.05, 0.1) is 6.10 Å². The van der Waals surface area contributed by atoms with Gasteiger partial charge in [0.25, 0.3) is 0 Å². The van der Waals surface area contributed by atoms with Gasteiger partial charge < -0.3 is 15.7 Å². The van der Waals surface area contributed by atoms with Crippen LogP contribution in [0.5, 0.6) is 0 Å². The van der Waals surface area contributed by atoms with Gasteiger partial charge in [0.2, 0.25) is 11.9 Å². The Hall–Kier alpha value is -2.99. The van der Waals surface area contributed by atoms with Crippen LogP contribution >= 0.6 is 0 Å². The molecule has 6 nitrogen and oxygen atoms in total. The number of nitrogens with zero attached hydrogens (tertiary/aromatic N) is 3. The van der Waals surface area contributed by atoms with E-state index in [0.29, 0.717) is 24.1 Å². The molecular weight excluding hydrogens is 326 g/mol. The highest BCUT2D eigenvalue weighted by atomic mass is 16.3. The van der Waals surface area contributed by atoms with Crippen molar-refractivity contribution in [1.29, 1.82) is 0 Å². The molecule has 1 fully saturated rings. The summed E-state index contributed by atoms with van der Waals surface area (Å²) < 4.78 is 0. The lowest BCUT2D eigenvalue weighted by molar-refractivity contribution is 0.182. The normalized spacial score (nSPS) is 19.3. The van der Waals surface area contributed by atoms with Crippen molar-refractivity contribution in [2.75, 3.05) is 10.6 Å². The molecule has 0 radical (unpaired) electrons. The first-order valence-electron chi connectivity index (χ1n) is 8.84. The molecule has 1 aliphatic rings. The second-order valence-corrected chi connectivity index (χ2v) is 6.47. The zero-order valence-corrected chi connectivity index (χ0v) is 14.3. The van der Waals surface area contributed by atoms with Crippen molar-refractivity contribution in [3.63, 3.8) is 0 Å². The molecule has 1 heterocycles. The van der Waals surface area contributed by atoms with Gasteiger partial charge in [-0.1, -0.05) is 48.5 Å². The molecule has 132 valence electrons. The average Bonchev–Trinajstić information content (AvgIpc) is 3.08. The number of anilines is 3. The van der Waals surface area contributed by atoms with E-state index in [4.69, 9.17) is 0 Å². The van der Waals surface area contributed by atoms with E-state index in [9.17, 15) is 5.11 Å². The molecule has 1 aliphatic carbocycles. The fourth-order valence-corrected chi connectivity index (χ4v) is 3.13. The van der Waals surface area contributed by atoms with E-state index >= 15 is 0 Å². The summed E-state index contributed by atoms with van der Waals surface area (Å²) in [4.78, 5) is 13.7. The lowest BCUT2D eigenvalue weighted by Crippen LogP contribution is -2.19. The second kappa shape index (κ2) is 7.49. The number of nitrogens with one attached hydrogen (secondary N) is 2. The van der Waals surface area contributed by atoms with E-state index in [1.54, 1.807) is 0 Å². The van der Waals surface area contributed by atoms with Gasteiger partial charge in [-0.3, -0.25) is 0 Å². The van der Waals surface area contributed by atoms with Crippen LogP contribution in [0, 0.1) is 0 Å². The predicted octanol–water partition coefficient (Wildman–Crippen LogP) is 3.61. The Labute approximate surface area is 152 Å². The standard InChI is InChI=1S/C20H21N5O/c26-17-12-11-16(13-17)22-20-24-18(14-7-3-1-4-8-14)23-19(25-20)21-15-9-5-2-6-10-15/h1-10,16-17,26H,11-13H2,(H2,21,22,23,24,25)/t16-,17-/m1/s1. The van der Waals surface area contributed by atoms with Gasteiger partial charge in [-0.25, -0.2) is 0 Å². The molecule has 0 unspecified atom stereocenters. The minimum absolute atomic E-state index is 0.181. The zero-order valence-electron chi connectivity index (χ0n) is 14.3. The van der Waals surface area contributed by atoms with Crippen LogP contribution in [0.25, 0.3) is 11.4 Å². The van der Waals surface area contributed by atoms with E-state index < -0.39 is 0 Å². The summed E-state index contributed by atoms with van der Waals surface area (Å²) in [5.74, 6) is 1.63. The fraction of sp³-hybridized carbons (Fsp3) is 0.250. The molecule has 0 saturated heterocycles. The maximum atomic E-state index is 9.75. The van der Waals surface area contributed by atoms with Crippen LogP contribution in [-0.2, 0) is 0 Å². The smallest absolute Gasteiger partial charge is 0.232 e. The Balaban J connectivity index is 1.65. The van der Waals surface area contributed by atoms with Crippen molar-refractivity contribution in [3.05, 3.63) is 60.7 Å². The third kappa shape index (κ3) is 3.97. The molecule has 2 atom stereocenters. The third-order valence-electron chi connectivity index (χ3n) is 4.44. The van der Waals surface area contributed by atoms with Crippen LogP contribution in [0.4, 0.5) is 17.6 Å². The fourth-order valence-electron chi connectivity index (χ4n) is 3.13. The highest BCUT2D eigenvalue weighted by Gasteiger charge is 2.23. The van der Waals surface area contributed by atoms with Crippen LogP contribution in [0.3, 0.4) is 0 Å². The molecule has 2 aromatic carbocycles. The van der Waals surface area contributed by atoms with Gasteiger partial charge in [0.1, 0.15) is 0 Å². The number of aliphatic hydroxyl groups excluding tert-OH is 1. The Morgan fingerprint density at radius 2 is 1.50 bits per heavy atom. The number of rotatable bonds is 5. The van der Waals surface area contributed by atoms with Crippen LogP contribution in [0.1, 0.15) is 19.3 Å². The van der Waals surface area contributed by atoms with Crippen molar-refractivity contribution in [3.8, 4) is 11.4 Å². The lowest BCUT2D eigenvalue weighted by Gasteiger charge is -2.14. The Kier molecular flexibility index (Phi) is 4.75. The highest BCUT2D eigenvalue weighted by molar-refractivity contribution is 5.60. The number of hydrogen-bond acceptors (Lipinski definition) is 6. The van der Waals surface area contributed by atoms with Gasteiger partial charge >= 0.3 is 0 Å². The summed E-state index contributed by atoms with van der Waals surface area (Å²) in [5, 5.41) is 16.3. The van der Waals surface area contributed by atoms with E-state index in [0.717, 1.165) is 24.1 Å². The highest BCUT2D eigenvalue weighted by Crippen LogP contribution is 2.24. The molecule has 4 rings (SSSR count). The number of aromatic nitrogens is 3. The quantitative estimate of drug-likeness (QED) is 0.654. The van der Waals surface area contributed by atoms with Gasteiger partial charge in [0, 0.05) is 17.3 Å². The summed E-state index contributed by atoms with van der Waals surface area (Å²) >= 11 is 0. The SMILES string of the molecule is O[C@@H]1CC[C@@H](Nc2nc(Nc3ccccc3)nc(-c3ccccc3)n2)C1. The first-order valence-corrected chi connectivity index (χ1v) is 8.84. The summed E-state index contributed by atoms with van der Waals surface area (Å²) in [7, 11) is 0. The van der Waals surface area contributed by atoms with Gasteiger partial charge in [-0.05, 0) is 31.4 Å². The third-order valence-corrected chi connectivity index (χ3v) is 4.44. The first kappa shape index (κ1) is 16.5. The lowest BCUT2D eigenvalue weighted by atomic mass is 10.2. The molecule has 0 aliphatic heterocycles. The van der Waals surface area contributed by atoms with Gasteiger partial charge in [-0.2, -0.15) is 15.0 Å². The number of benzene rings is 2. The minimum Gasteiger partial charge on any atom is -0.393 e. The maximum Gasteiger partial charge on any atom is 0.232 e. The van der Waals surface area contributed by atoms with E-state index in [2.05, 4.69) is 25.6 Å². The van der Waals surface area contributed by atoms with Crippen LogP contribution in [0.2, 0.25) is 0 Å². The Morgan fingerprint density at radius 3 is 2.19 bits per heavy atom. The topological polar surface area (TPSA) is 83.0 Å². The van der Waals surface area contributed by atoms with E-state index in [-0.39, 0.29) is 12.1 Å². The van der Waals surface area contributed by atoms with Crippen LogP contribution in [0.15, 0.2) is 60.7 Å². The van der Waals surface area contributed by atoms with Crippen molar-refractivity contribution >= 4 is 17.6 Å². The van der Waals surface area contributed by atoms with Gasteiger partial charge in [0.15, 0.2) is 5.82 Å². The molecule has 3 aromatic rings. The number of para-hydroxylation sites is 1. The molecule has 3 N–H and O–H groups in total. The molecule has 1 saturated carbocycles. The Bertz CT molecular complexity index is 857. The average molecular weight is 347 g/mol. The van der Waals surface area contributed by atoms with Crippen LogP contribution < -0.4 is 10.6 Å². The summed E-state index contributed by atoms with van der Waals surface area (Å²) in [6.45, 7) is 0. The zero-order chi connectivity index (χ0) is 17.8. The van der Waals surface area contributed by atoms with Gasteiger partial charge in [-0.15, -0.1) is 0 Å². The van der Waals surface area contributed by atoms with Crippen molar-refractivity contribution in [2.24, 2.45) is 0 Å².